The molecule has 3 aromatic rings. The van der Waals surface area contributed by atoms with Gasteiger partial charge in [0.15, 0.2) is 5.82 Å². The molecule has 2 aromatic carbocycles. The number of rotatable bonds is 5. The van der Waals surface area contributed by atoms with Crippen LogP contribution < -0.4 is 9.64 Å². The zero-order chi connectivity index (χ0) is 28.6. The highest BCUT2D eigenvalue weighted by molar-refractivity contribution is 6.34. The van der Waals surface area contributed by atoms with Crippen molar-refractivity contribution in [3.63, 3.8) is 0 Å². The molecule has 1 atom stereocenters. The Morgan fingerprint density at radius 3 is 2.62 bits per heavy atom. The average Bonchev–Trinajstić information content (AvgIpc) is 2.87. The van der Waals surface area contributed by atoms with Crippen LogP contribution in [-0.4, -0.2) is 71.0 Å². The highest BCUT2D eigenvalue weighted by Gasteiger charge is 2.36. The molecule has 0 aliphatic carbocycles. The van der Waals surface area contributed by atoms with E-state index in [0.29, 0.717) is 0 Å². The van der Waals surface area contributed by atoms with Gasteiger partial charge in [0, 0.05) is 30.6 Å². The quantitative estimate of drug-likeness (QED) is 0.333. The van der Waals surface area contributed by atoms with E-state index in [9.17, 15) is 24.4 Å². The zero-order valence-electron chi connectivity index (χ0n) is 21.7. The molecule has 0 radical (unpaired) electrons. The smallest absolute Gasteiger partial charge is 0.410 e. The molecule has 1 amide bonds. The summed E-state index contributed by atoms with van der Waals surface area (Å²) in [6.07, 6.45) is 0.318. The van der Waals surface area contributed by atoms with Gasteiger partial charge in [-0.3, -0.25) is 10.1 Å². The molecule has 2 heterocycles. The van der Waals surface area contributed by atoms with Gasteiger partial charge in [-0.05, 0) is 39.0 Å². The molecule has 0 bridgehead atoms. The predicted molar refractivity (Wildman–Crippen MR) is 141 cm³/mol. The highest BCUT2D eigenvalue weighted by atomic mass is 35.5. The maximum atomic E-state index is 16.0. The van der Waals surface area contributed by atoms with Crippen molar-refractivity contribution in [3.05, 3.63) is 57.2 Å². The lowest BCUT2D eigenvalue weighted by molar-refractivity contribution is -0.384. The molecule has 13 heteroatoms. The Bertz CT molecular complexity index is 1450. The van der Waals surface area contributed by atoms with Crippen LogP contribution in [0.4, 0.5) is 25.0 Å². The molecular formula is C26H27ClF2N4O6. The second kappa shape index (κ2) is 10.8. The number of piperazine rings is 1. The van der Waals surface area contributed by atoms with Gasteiger partial charge in [0.1, 0.15) is 34.6 Å². The van der Waals surface area contributed by atoms with Crippen molar-refractivity contribution in [3.8, 4) is 16.9 Å². The average molecular weight is 565 g/mol. The van der Waals surface area contributed by atoms with Crippen LogP contribution in [0.1, 0.15) is 20.8 Å². The minimum atomic E-state index is -0.995. The fourth-order valence-corrected chi connectivity index (χ4v) is 4.91. The number of aliphatic hydroxyl groups excluding tert-OH is 1. The molecule has 39 heavy (non-hydrogen) atoms. The fourth-order valence-electron chi connectivity index (χ4n) is 4.62. The number of methoxy groups -OCH3 is 1. The van der Waals surface area contributed by atoms with E-state index in [1.807, 2.05) is 0 Å². The molecule has 0 spiro atoms. The van der Waals surface area contributed by atoms with Crippen LogP contribution in [0.25, 0.3) is 22.0 Å². The van der Waals surface area contributed by atoms with Gasteiger partial charge in [0.2, 0.25) is 0 Å². The summed E-state index contributed by atoms with van der Waals surface area (Å²) in [5.74, 6) is -1.74. The van der Waals surface area contributed by atoms with E-state index in [0.717, 1.165) is 12.3 Å². The number of hydrogen-bond acceptors (Lipinski definition) is 8. The molecular weight excluding hydrogens is 538 g/mol. The number of carbonyl (C=O) groups is 1. The molecule has 208 valence electrons. The number of halogens is 3. The van der Waals surface area contributed by atoms with Crippen LogP contribution in [0.5, 0.6) is 5.75 Å². The molecule has 10 nitrogen and oxygen atoms in total. The van der Waals surface area contributed by atoms with Crippen LogP contribution in [0.3, 0.4) is 0 Å². The highest BCUT2D eigenvalue weighted by Crippen LogP contribution is 2.45. The van der Waals surface area contributed by atoms with Crippen molar-refractivity contribution in [1.82, 2.24) is 9.88 Å². The van der Waals surface area contributed by atoms with Crippen LogP contribution >= 0.6 is 11.6 Å². The minimum Gasteiger partial charge on any atom is -0.496 e. The van der Waals surface area contributed by atoms with E-state index in [4.69, 9.17) is 21.1 Å². The van der Waals surface area contributed by atoms with E-state index in [1.54, 1.807) is 20.8 Å². The Labute approximate surface area is 227 Å². The third-order valence-corrected chi connectivity index (χ3v) is 6.58. The van der Waals surface area contributed by atoms with Crippen molar-refractivity contribution in [1.29, 1.82) is 0 Å². The van der Waals surface area contributed by atoms with Crippen LogP contribution in [0.2, 0.25) is 5.02 Å². The van der Waals surface area contributed by atoms with Gasteiger partial charge in [0.05, 0.1) is 35.3 Å². The number of fused-ring (bicyclic) bond motifs is 1. The van der Waals surface area contributed by atoms with Gasteiger partial charge in [-0.1, -0.05) is 17.7 Å². The number of aliphatic hydroxyl groups is 1. The van der Waals surface area contributed by atoms with E-state index < -0.39 is 46.6 Å². The topological polar surface area (TPSA) is 118 Å². The normalized spacial score (nSPS) is 15.9. The SMILES string of the molecule is COc1cccc(F)c1-c1c(Cl)cc2c(N3CCN(C(=O)OC(C)(C)C)C[C@@H]3CO)c([N+](=O)[O-])cnc2c1F. The molecule has 1 N–H and O–H groups in total. The first-order valence-corrected chi connectivity index (χ1v) is 12.4. The lowest BCUT2D eigenvalue weighted by atomic mass is 9.99. The van der Waals surface area contributed by atoms with E-state index in [1.165, 1.54) is 35.1 Å². The molecule has 1 fully saturated rings. The number of carbonyl (C=O) groups excluding carboxylic acids is 1. The largest absolute Gasteiger partial charge is 0.496 e. The minimum absolute atomic E-state index is 0.00470. The first kappa shape index (κ1) is 28.2. The molecule has 4 rings (SSSR count). The Balaban J connectivity index is 1.87. The number of aromatic nitrogens is 1. The summed E-state index contributed by atoms with van der Waals surface area (Å²) in [6, 6.07) is 4.47. The van der Waals surface area contributed by atoms with Crippen LogP contribution in [-0.2, 0) is 4.74 Å². The maximum absolute atomic E-state index is 16.0. The van der Waals surface area contributed by atoms with Crippen molar-refractivity contribution < 1.29 is 33.1 Å². The summed E-state index contributed by atoms with van der Waals surface area (Å²) in [5, 5.41) is 22.0. The lowest BCUT2D eigenvalue weighted by Crippen LogP contribution is -2.57. The molecule has 1 aliphatic rings. The second-order valence-corrected chi connectivity index (χ2v) is 10.4. The second-order valence-electron chi connectivity index (χ2n) is 9.97. The third kappa shape index (κ3) is 5.39. The van der Waals surface area contributed by atoms with Crippen LogP contribution in [0.15, 0.2) is 30.5 Å². The Morgan fingerprint density at radius 1 is 1.28 bits per heavy atom. The first-order chi connectivity index (χ1) is 18.4. The van der Waals surface area contributed by atoms with Crippen molar-refractivity contribution in [2.75, 3.05) is 38.3 Å². The van der Waals surface area contributed by atoms with E-state index in [-0.39, 0.29) is 58.1 Å². The summed E-state index contributed by atoms with van der Waals surface area (Å²) < 4.78 is 41.5. The Kier molecular flexibility index (Phi) is 7.80. The van der Waals surface area contributed by atoms with Crippen molar-refractivity contribution >= 4 is 40.0 Å². The molecule has 1 saturated heterocycles. The number of anilines is 1. The number of benzene rings is 2. The molecule has 0 saturated carbocycles. The zero-order valence-corrected chi connectivity index (χ0v) is 22.5. The number of pyridine rings is 1. The van der Waals surface area contributed by atoms with Crippen LogP contribution in [0, 0.1) is 21.7 Å². The van der Waals surface area contributed by atoms with E-state index in [2.05, 4.69) is 4.98 Å². The first-order valence-electron chi connectivity index (χ1n) is 12.0. The number of hydrogen-bond donors (Lipinski definition) is 1. The standard InChI is InChI=1S/C26H27ClF2N4O6/c1-26(2,3)39-25(35)31-8-9-32(14(12-31)13-34)24-15-10-16(27)20(21-17(28)6-5-7-19(21)38-4)22(29)23(15)30-11-18(24)33(36)37/h5-7,10-11,14,34H,8-9,12-13H2,1-4H3/t14-/m1/s1. The van der Waals surface area contributed by atoms with Gasteiger partial charge >= 0.3 is 11.8 Å². The number of ether oxygens (including phenoxy) is 2. The Hall–Kier alpha value is -3.77. The van der Waals surface area contributed by atoms with Crippen molar-refractivity contribution in [2.24, 2.45) is 0 Å². The van der Waals surface area contributed by atoms with Gasteiger partial charge in [-0.15, -0.1) is 0 Å². The van der Waals surface area contributed by atoms with Gasteiger partial charge in [-0.2, -0.15) is 0 Å². The summed E-state index contributed by atoms with van der Waals surface area (Å²) in [4.78, 5) is 30.9. The van der Waals surface area contributed by atoms with Gasteiger partial charge in [-0.25, -0.2) is 18.6 Å². The fraction of sp³-hybridized carbons (Fsp3) is 0.385. The third-order valence-electron chi connectivity index (χ3n) is 6.28. The summed E-state index contributed by atoms with van der Waals surface area (Å²) in [6.45, 7) is 4.87. The molecule has 1 aliphatic heterocycles. The number of nitrogens with zero attached hydrogens (tertiary/aromatic N) is 4. The van der Waals surface area contributed by atoms with Crippen molar-refractivity contribution in [2.45, 2.75) is 32.4 Å². The Morgan fingerprint density at radius 2 is 2.00 bits per heavy atom. The predicted octanol–water partition coefficient (Wildman–Crippen LogP) is 5.17. The number of amides is 1. The van der Waals surface area contributed by atoms with Gasteiger partial charge < -0.3 is 24.4 Å². The summed E-state index contributed by atoms with van der Waals surface area (Å²) in [5.41, 5.74) is -2.02. The monoisotopic (exact) mass is 564 g/mol. The summed E-state index contributed by atoms with van der Waals surface area (Å²) in [7, 11) is 1.30. The lowest BCUT2D eigenvalue weighted by Gasteiger charge is -2.42. The molecule has 1 aromatic heterocycles. The molecule has 0 unspecified atom stereocenters. The summed E-state index contributed by atoms with van der Waals surface area (Å²) >= 11 is 6.49. The maximum Gasteiger partial charge on any atom is 0.410 e. The van der Waals surface area contributed by atoms with E-state index >= 15 is 4.39 Å². The number of nitro groups is 1. The van der Waals surface area contributed by atoms with Gasteiger partial charge in [0.25, 0.3) is 0 Å².